The van der Waals surface area contributed by atoms with E-state index in [-0.39, 0.29) is 47.1 Å². The molecule has 0 aliphatic heterocycles. The van der Waals surface area contributed by atoms with Crippen LogP contribution in [0.25, 0.3) is 0 Å². The van der Waals surface area contributed by atoms with E-state index in [1.54, 1.807) is 0 Å². The number of hydrogen-bond acceptors (Lipinski definition) is 4. The molecule has 1 aromatic rings. The Morgan fingerprint density at radius 2 is 1.88 bits per heavy atom. The average molecular weight is 322 g/mol. The predicted molar refractivity (Wildman–Crippen MR) is 84.8 cm³/mol. The molecule has 0 amide bonds. The van der Waals surface area contributed by atoms with Gasteiger partial charge in [0.05, 0.1) is 13.0 Å². The maximum Gasteiger partial charge on any atom is 0.309 e. The van der Waals surface area contributed by atoms with Crippen LogP contribution in [-0.4, -0.2) is 24.6 Å². The lowest BCUT2D eigenvalue weighted by atomic mass is 9.56. The normalized spacial score (nSPS) is 44.2. The van der Waals surface area contributed by atoms with Gasteiger partial charge < -0.3 is 4.74 Å². The van der Waals surface area contributed by atoms with Gasteiger partial charge in [-0.25, -0.2) is 0 Å². The standard InChI is InChI=1S/C20H18O4/c1-24-19(23)12-9-14-18(22)15(12)16-11-7-8-13(17(11)21)20(14,16)10-5-3-2-4-6-10/h2-8,11-16H,9H2,1H3. The van der Waals surface area contributed by atoms with E-state index < -0.39 is 11.3 Å². The summed E-state index contributed by atoms with van der Waals surface area (Å²) >= 11 is 0. The summed E-state index contributed by atoms with van der Waals surface area (Å²) in [5.74, 6) is -1.53. The SMILES string of the molecule is COC(=O)C1CC2C(=O)C1C1C3C=CC(C3=O)C21c1ccccc1. The molecule has 7 atom stereocenters. The van der Waals surface area contributed by atoms with Gasteiger partial charge in [0.15, 0.2) is 0 Å². The summed E-state index contributed by atoms with van der Waals surface area (Å²) in [4.78, 5) is 38.1. The van der Waals surface area contributed by atoms with Gasteiger partial charge in [0.1, 0.15) is 11.6 Å². The van der Waals surface area contributed by atoms with Gasteiger partial charge in [-0.15, -0.1) is 0 Å². The fourth-order valence-electron chi connectivity index (χ4n) is 6.29. The maximum absolute atomic E-state index is 13.1. The van der Waals surface area contributed by atoms with Crippen molar-refractivity contribution in [3.63, 3.8) is 0 Å². The average Bonchev–Trinajstić information content (AvgIpc) is 3.30. The number of methoxy groups -OCH3 is 1. The molecule has 0 N–H and O–H groups in total. The van der Waals surface area contributed by atoms with Crippen molar-refractivity contribution in [3.8, 4) is 0 Å². The number of carbonyl (C=O) groups excluding carboxylic acids is 3. The molecule has 4 heteroatoms. The van der Waals surface area contributed by atoms with E-state index in [4.69, 9.17) is 4.74 Å². The number of carbonyl (C=O) groups is 3. The van der Waals surface area contributed by atoms with Crippen molar-refractivity contribution in [2.24, 2.45) is 35.5 Å². The fourth-order valence-corrected chi connectivity index (χ4v) is 6.29. The third-order valence-corrected chi connectivity index (χ3v) is 6.94. The largest absolute Gasteiger partial charge is 0.469 e. The van der Waals surface area contributed by atoms with Crippen LogP contribution in [0, 0.1) is 35.5 Å². The number of rotatable bonds is 2. The summed E-state index contributed by atoms with van der Waals surface area (Å²) in [5, 5.41) is 0. The van der Waals surface area contributed by atoms with E-state index in [2.05, 4.69) is 0 Å². The molecule has 122 valence electrons. The zero-order valence-electron chi connectivity index (χ0n) is 13.3. The summed E-state index contributed by atoms with van der Waals surface area (Å²) in [7, 11) is 1.37. The summed E-state index contributed by atoms with van der Waals surface area (Å²) < 4.78 is 4.94. The first-order chi connectivity index (χ1) is 11.6. The van der Waals surface area contributed by atoms with Crippen LogP contribution in [0.1, 0.15) is 12.0 Å². The molecule has 4 aliphatic carbocycles. The number of fused-ring (bicyclic) bond motifs is 9. The number of Topliss-reactive ketones (excluding diaryl/α,β-unsaturated/α-hetero) is 2. The molecule has 3 fully saturated rings. The first kappa shape index (κ1) is 14.1. The van der Waals surface area contributed by atoms with Crippen molar-refractivity contribution in [1.29, 1.82) is 0 Å². The Kier molecular flexibility index (Phi) is 2.61. The molecule has 0 saturated heterocycles. The Morgan fingerprint density at radius 1 is 1.12 bits per heavy atom. The van der Waals surface area contributed by atoms with Gasteiger partial charge in [-0.05, 0) is 17.9 Å². The third-order valence-electron chi connectivity index (χ3n) is 6.94. The molecule has 7 unspecified atom stereocenters. The highest BCUT2D eigenvalue weighted by molar-refractivity contribution is 6.04. The lowest BCUT2D eigenvalue weighted by Gasteiger charge is -2.45. The number of allylic oxidation sites excluding steroid dienone is 2. The van der Waals surface area contributed by atoms with Gasteiger partial charge in [0.2, 0.25) is 0 Å². The number of hydrogen-bond donors (Lipinski definition) is 0. The predicted octanol–water partition coefficient (Wildman–Crippen LogP) is 1.93. The van der Waals surface area contributed by atoms with Crippen LogP contribution in [0.15, 0.2) is 42.5 Å². The lowest BCUT2D eigenvalue weighted by Crippen LogP contribution is -2.47. The minimum atomic E-state index is -0.454. The molecule has 0 radical (unpaired) electrons. The van der Waals surface area contributed by atoms with Crippen LogP contribution in [0.5, 0.6) is 0 Å². The molecule has 24 heavy (non-hydrogen) atoms. The Hall–Kier alpha value is -2.23. The Bertz CT molecular complexity index is 795. The van der Waals surface area contributed by atoms with E-state index in [0.717, 1.165) is 5.56 Å². The smallest absolute Gasteiger partial charge is 0.309 e. The zero-order valence-corrected chi connectivity index (χ0v) is 13.3. The number of ketones is 2. The van der Waals surface area contributed by atoms with E-state index >= 15 is 0 Å². The van der Waals surface area contributed by atoms with E-state index in [1.165, 1.54) is 7.11 Å². The topological polar surface area (TPSA) is 60.4 Å². The maximum atomic E-state index is 13.1. The minimum absolute atomic E-state index is 0.0993. The van der Waals surface area contributed by atoms with Crippen LogP contribution in [0.3, 0.4) is 0 Å². The Morgan fingerprint density at radius 3 is 2.58 bits per heavy atom. The first-order valence-electron chi connectivity index (χ1n) is 8.51. The quantitative estimate of drug-likeness (QED) is 0.474. The van der Waals surface area contributed by atoms with Crippen molar-refractivity contribution in [1.82, 2.24) is 0 Å². The van der Waals surface area contributed by atoms with Crippen molar-refractivity contribution < 1.29 is 19.1 Å². The fraction of sp³-hybridized carbons (Fsp3) is 0.450. The zero-order chi connectivity index (χ0) is 16.6. The van der Waals surface area contributed by atoms with Crippen LogP contribution in [-0.2, 0) is 24.5 Å². The molecule has 4 nitrogen and oxygen atoms in total. The monoisotopic (exact) mass is 322 g/mol. The van der Waals surface area contributed by atoms with Gasteiger partial charge in [-0.1, -0.05) is 42.5 Å². The molecule has 0 heterocycles. The summed E-state index contributed by atoms with van der Waals surface area (Å²) in [6.45, 7) is 0. The molecule has 1 aromatic carbocycles. The Balaban J connectivity index is 1.72. The highest BCUT2D eigenvalue weighted by Gasteiger charge is 2.77. The number of benzene rings is 1. The van der Waals surface area contributed by atoms with Crippen molar-refractivity contribution in [3.05, 3.63) is 48.0 Å². The van der Waals surface area contributed by atoms with Gasteiger partial charge in [0, 0.05) is 29.1 Å². The summed E-state index contributed by atoms with van der Waals surface area (Å²) in [6, 6.07) is 9.96. The van der Waals surface area contributed by atoms with Crippen molar-refractivity contribution >= 4 is 17.5 Å². The molecule has 3 saturated carbocycles. The summed E-state index contributed by atoms with van der Waals surface area (Å²) in [5.41, 5.74) is 0.619. The van der Waals surface area contributed by atoms with E-state index in [0.29, 0.717) is 6.42 Å². The van der Waals surface area contributed by atoms with Gasteiger partial charge in [-0.3, -0.25) is 14.4 Å². The van der Waals surface area contributed by atoms with Crippen LogP contribution < -0.4 is 0 Å². The lowest BCUT2D eigenvalue weighted by molar-refractivity contribution is -0.149. The van der Waals surface area contributed by atoms with Gasteiger partial charge >= 0.3 is 5.97 Å². The van der Waals surface area contributed by atoms with Crippen molar-refractivity contribution in [2.75, 3.05) is 7.11 Å². The Labute approximate surface area is 139 Å². The molecule has 0 aromatic heterocycles. The molecule has 0 spiro atoms. The van der Waals surface area contributed by atoms with Crippen molar-refractivity contribution in [2.45, 2.75) is 11.8 Å². The summed E-state index contributed by atoms with van der Waals surface area (Å²) in [6.07, 6.45) is 4.46. The molecular formula is C20H18O4. The van der Waals surface area contributed by atoms with E-state index in [9.17, 15) is 14.4 Å². The molecule has 4 bridgehead atoms. The van der Waals surface area contributed by atoms with Crippen LogP contribution >= 0.6 is 0 Å². The van der Waals surface area contributed by atoms with Crippen LogP contribution in [0.4, 0.5) is 0 Å². The first-order valence-corrected chi connectivity index (χ1v) is 8.51. The van der Waals surface area contributed by atoms with Gasteiger partial charge in [-0.2, -0.15) is 0 Å². The second-order valence-electron chi connectivity index (χ2n) is 7.46. The van der Waals surface area contributed by atoms with Gasteiger partial charge in [0.25, 0.3) is 0 Å². The molecular weight excluding hydrogens is 304 g/mol. The highest BCUT2D eigenvalue weighted by Crippen LogP contribution is 2.71. The number of ether oxygens (including phenoxy) is 1. The molecule has 4 aliphatic rings. The minimum Gasteiger partial charge on any atom is -0.469 e. The molecule has 5 rings (SSSR count). The second-order valence-corrected chi connectivity index (χ2v) is 7.46. The second kappa shape index (κ2) is 4.44. The number of esters is 1. The van der Waals surface area contributed by atoms with Crippen LogP contribution in [0.2, 0.25) is 0 Å². The third kappa shape index (κ3) is 1.32. The highest BCUT2D eigenvalue weighted by atomic mass is 16.5. The van der Waals surface area contributed by atoms with E-state index in [1.807, 2.05) is 42.5 Å².